The average molecular weight is 282 g/mol. The highest BCUT2D eigenvalue weighted by Gasteiger charge is 2.23. The monoisotopic (exact) mass is 282 g/mol. The van der Waals surface area contributed by atoms with Crippen LogP contribution in [0.3, 0.4) is 0 Å². The molecule has 4 heteroatoms. The van der Waals surface area contributed by atoms with Crippen molar-refractivity contribution in [2.45, 2.75) is 39.0 Å². The molecule has 0 radical (unpaired) electrons. The Morgan fingerprint density at radius 3 is 2.48 bits per heavy atom. The molecule has 3 N–H and O–H groups in total. The summed E-state index contributed by atoms with van der Waals surface area (Å²) in [6.45, 7) is 4.36. The van der Waals surface area contributed by atoms with Crippen LogP contribution in [-0.2, 0) is 6.42 Å². The molecule has 1 heterocycles. The lowest BCUT2D eigenvalue weighted by atomic mass is 10.1. The molecule has 4 nitrogen and oxygen atoms in total. The second kappa shape index (κ2) is 5.82. The van der Waals surface area contributed by atoms with Crippen molar-refractivity contribution in [3.8, 4) is 11.4 Å². The molecule has 0 amide bonds. The van der Waals surface area contributed by atoms with E-state index in [4.69, 9.17) is 5.84 Å². The van der Waals surface area contributed by atoms with Crippen molar-refractivity contribution in [3.63, 3.8) is 0 Å². The predicted molar refractivity (Wildman–Crippen MR) is 85.8 cm³/mol. The van der Waals surface area contributed by atoms with E-state index in [0.717, 1.165) is 29.4 Å². The van der Waals surface area contributed by atoms with Gasteiger partial charge in [-0.2, -0.15) is 0 Å². The summed E-state index contributed by atoms with van der Waals surface area (Å²) >= 11 is 0. The lowest BCUT2D eigenvalue weighted by Crippen LogP contribution is -2.11. The van der Waals surface area contributed by atoms with Crippen molar-refractivity contribution in [2.24, 2.45) is 11.8 Å². The van der Waals surface area contributed by atoms with E-state index in [9.17, 15) is 0 Å². The van der Waals surface area contributed by atoms with Crippen molar-refractivity contribution < 1.29 is 0 Å². The van der Waals surface area contributed by atoms with Crippen molar-refractivity contribution >= 4 is 5.82 Å². The molecular formula is C17H22N4. The van der Waals surface area contributed by atoms with Gasteiger partial charge in [0.25, 0.3) is 0 Å². The van der Waals surface area contributed by atoms with Crippen LogP contribution in [0, 0.1) is 5.92 Å². The number of nitrogens with two attached hydrogens (primary N) is 1. The number of aromatic nitrogens is 2. The fourth-order valence-electron chi connectivity index (χ4n) is 2.54. The van der Waals surface area contributed by atoms with Crippen LogP contribution in [0.1, 0.15) is 43.9 Å². The number of hydrazine groups is 1. The van der Waals surface area contributed by atoms with Crippen molar-refractivity contribution in [3.05, 3.63) is 41.6 Å². The topological polar surface area (TPSA) is 63.8 Å². The van der Waals surface area contributed by atoms with Gasteiger partial charge in [-0.25, -0.2) is 15.8 Å². The first-order valence-corrected chi connectivity index (χ1v) is 7.60. The van der Waals surface area contributed by atoms with Gasteiger partial charge in [0.05, 0.1) is 0 Å². The molecule has 0 unspecified atom stereocenters. The van der Waals surface area contributed by atoms with Crippen LogP contribution in [0.5, 0.6) is 0 Å². The Morgan fingerprint density at radius 2 is 1.90 bits per heavy atom. The maximum Gasteiger partial charge on any atom is 0.161 e. The molecule has 1 fully saturated rings. The first-order chi connectivity index (χ1) is 10.2. The fraction of sp³-hybridized carbons (Fsp3) is 0.412. The summed E-state index contributed by atoms with van der Waals surface area (Å²) in [5.74, 6) is 8.26. The Morgan fingerprint density at radius 1 is 1.19 bits per heavy atom. The normalized spacial score (nSPS) is 14.5. The lowest BCUT2D eigenvalue weighted by Gasteiger charge is -2.10. The molecule has 2 aromatic rings. The van der Waals surface area contributed by atoms with E-state index in [1.54, 1.807) is 0 Å². The van der Waals surface area contributed by atoms with E-state index in [-0.39, 0.29) is 0 Å². The first-order valence-electron chi connectivity index (χ1n) is 7.60. The summed E-state index contributed by atoms with van der Waals surface area (Å²) < 4.78 is 0. The van der Waals surface area contributed by atoms with Gasteiger partial charge in [0.1, 0.15) is 5.82 Å². The van der Waals surface area contributed by atoms with E-state index in [0.29, 0.717) is 11.7 Å². The summed E-state index contributed by atoms with van der Waals surface area (Å²) in [6.07, 6.45) is 3.56. The number of nitrogen functional groups attached to an aromatic ring is 1. The van der Waals surface area contributed by atoms with E-state index in [1.807, 2.05) is 6.07 Å². The van der Waals surface area contributed by atoms with Crippen LogP contribution in [0.15, 0.2) is 30.3 Å². The molecule has 110 valence electrons. The molecule has 0 atom stereocenters. The van der Waals surface area contributed by atoms with Gasteiger partial charge in [0.2, 0.25) is 0 Å². The number of nitrogens with one attached hydrogen (secondary N) is 1. The van der Waals surface area contributed by atoms with Crippen LogP contribution >= 0.6 is 0 Å². The van der Waals surface area contributed by atoms with Gasteiger partial charge in [-0.3, -0.25) is 0 Å². The highest BCUT2D eigenvalue weighted by molar-refractivity contribution is 5.58. The molecule has 1 aliphatic carbocycles. The second-order valence-electron chi connectivity index (χ2n) is 6.21. The quantitative estimate of drug-likeness (QED) is 0.650. The summed E-state index contributed by atoms with van der Waals surface area (Å²) in [7, 11) is 0. The van der Waals surface area contributed by atoms with Crippen molar-refractivity contribution in [2.75, 3.05) is 5.43 Å². The second-order valence-corrected chi connectivity index (χ2v) is 6.21. The maximum absolute atomic E-state index is 5.53. The molecule has 0 saturated heterocycles. The number of nitrogens with zero attached hydrogens (tertiary/aromatic N) is 2. The zero-order chi connectivity index (χ0) is 14.8. The zero-order valence-electron chi connectivity index (χ0n) is 12.6. The van der Waals surface area contributed by atoms with E-state index in [2.05, 4.69) is 53.5 Å². The van der Waals surface area contributed by atoms with Gasteiger partial charge in [-0.15, -0.1) is 0 Å². The zero-order valence-corrected chi connectivity index (χ0v) is 12.6. The molecule has 3 rings (SSSR count). The van der Waals surface area contributed by atoms with Gasteiger partial charge in [0, 0.05) is 17.3 Å². The predicted octanol–water partition coefficient (Wildman–Crippen LogP) is 3.51. The van der Waals surface area contributed by atoms with Gasteiger partial charge in [0.15, 0.2) is 5.82 Å². The molecule has 1 aromatic carbocycles. The molecule has 0 spiro atoms. The summed E-state index contributed by atoms with van der Waals surface area (Å²) in [5, 5.41) is 0. The standard InChI is InChI=1S/C17H22N4/c1-11(2)9-15-10-16(21-18)20-17(19-15)14-7-5-13(6-8-14)12-3-4-12/h5-8,10-12H,3-4,9,18H2,1-2H3,(H,19,20,21). The summed E-state index contributed by atoms with van der Waals surface area (Å²) in [6, 6.07) is 10.5. The van der Waals surface area contributed by atoms with Gasteiger partial charge < -0.3 is 5.43 Å². The minimum absolute atomic E-state index is 0.551. The highest BCUT2D eigenvalue weighted by Crippen LogP contribution is 2.40. The molecule has 21 heavy (non-hydrogen) atoms. The Labute approximate surface area is 125 Å². The van der Waals surface area contributed by atoms with E-state index < -0.39 is 0 Å². The first kappa shape index (κ1) is 14.0. The molecule has 0 aliphatic heterocycles. The van der Waals surface area contributed by atoms with Gasteiger partial charge in [-0.1, -0.05) is 38.1 Å². The van der Waals surface area contributed by atoms with Crippen LogP contribution in [-0.4, -0.2) is 9.97 Å². The molecular weight excluding hydrogens is 260 g/mol. The number of hydrogen-bond acceptors (Lipinski definition) is 4. The lowest BCUT2D eigenvalue weighted by molar-refractivity contribution is 0.635. The largest absolute Gasteiger partial charge is 0.308 e. The number of anilines is 1. The van der Waals surface area contributed by atoms with Crippen molar-refractivity contribution in [1.82, 2.24) is 9.97 Å². The van der Waals surface area contributed by atoms with Crippen LogP contribution in [0.4, 0.5) is 5.82 Å². The smallest absolute Gasteiger partial charge is 0.161 e. The highest BCUT2D eigenvalue weighted by atomic mass is 15.3. The number of hydrogen-bond donors (Lipinski definition) is 2. The van der Waals surface area contributed by atoms with Gasteiger partial charge in [-0.05, 0) is 36.7 Å². The molecule has 1 aliphatic rings. The van der Waals surface area contributed by atoms with E-state index in [1.165, 1.54) is 18.4 Å². The Balaban J connectivity index is 1.91. The number of rotatable bonds is 5. The fourth-order valence-corrected chi connectivity index (χ4v) is 2.54. The Bertz CT molecular complexity index is 615. The van der Waals surface area contributed by atoms with Crippen LogP contribution in [0.25, 0.3) is 11.4 Å². The van der Waals surface area contributed by atoms with Crippen LogP contribution < -0.4 is 11.3 Å². The van der Waals surface area contributed by atoms with E-state index >= 15 is 0 Å². The molecule has 0 bridgehead atoms. The minimum atomic E-state index is 0.551. The summed E-state index contributed by atoms with van der Waals surface area (Å²) in [4.78, 5) is 9.15. The molecule has 1 aromatic heterocycles. The Kier molecular flexibility index (Phi) is 3.88. The number of benzene rings is 1. The third-order valence-electron chi connectivity index (χ3n) is 3.76. The average Bonchev–Trinajstić information content (AvgIpc) is 3.31. The maximum atomic E-state index is 5.53. The third-order valence-corrected chi connectivity index (χ3v) is 3.76. The van der Waals surface area contributed by atoms with Crippen molar-refractivity contribution in [1.29, 1.82) is 0 Å². The van der Waals surface area contributed by atoms with Crippen LogP contribution in [0.2, 0.25) is 0 Å². The SMILES string of the molecule is CC(C)Cc1cc(NN)nc(-c2ccc(C3CC3)cc2)n1. The molecule has 1 saturated carbocycles. The Hall–Kier alpha value is -1.94. The minimum Gasteiger partial charge on any atom is -0.308 e. The van der Waals surface area contributed by atoms with Gasteiger partial charge >= 0.3 is 0 Å². The summed E-state index contributed by atoms with van der Waals surface area (Å²) in [5.41, 5.74) is 6.13. The third kappa shape index (κ3) is 3.39.